The van der Waals surface area contributed by atoms with Crippen molar-refractivity contribution in [1.29, 1.82) is 0 Å². The van der Waals surface area contributed by atoms with Gasteiger partial charge in [0, 0.05) is 29.9 Å². The lowest BCUT2D eigenvalue weighted by Crippen LogP contribution is -2.30. The highest BCUT2D eigenvalue weighted by Crippen LogP contribution is 2.37. The summed E-state index contributed by atoms with van der Waals surface area (Å²) in [4.78, 5) is 18.5. The Balaban J connectivity index is 1.64. The molecule has 5 rings (SSSR count). The van der Waals surface area contributed by atoms with Crippen LogP contribution in [0.1, 0.15) is 44.9 Å². The van der Waals surface area contributed by atoms with Crippen molar-refractivity contribution in [1.82, 2.24) is 24.6 Å². The van der Waals surface area contributed by atoms with Crippen molar-refractivity contribution in [2.24, 2.45) is 7.05 Å². The second-order valence-corrected chi connectivity index (χ2v) is 11.7. The van der Waals surface area contributed by atoms with E-state index in [0.29, 0.717) is 43.6 Å². The highest BCUT2D eigenvalue weighted by Gasteiger charge is 2.24. The van der Waals surface area contributed by atoms with E-state index in [9.17, 15) is 4.79 Å². The number of fused-ring (bicyclic) bond motifs is 1. The van der Waals surface area contributed by atoms with Crippen molar-refractivity contribution < 1.29 is 8.94 Å². The molecule has 0 bridgehead atoms. The number of rotatable bonds is 7. The molecule has 1 unspecified atom stereocenters. The minimum atomic E-state index is -0.240. The van der Waals surface area contributed by atoms with Crippen LogP contribution in [0.4, 0.5) is 5.69 Å². The largest absolute Gasteiger partial charge is 0.455 e. The third-order valence-electron chi connectivity index (χ3n) is 5.97. The molecule has 0 amide bonds. The zero-order valence-electron chi connectivity index (χ0n) is 22.5. The number of anilines is 1. The standard InChI is InChI=1S/C28H29ClN6O3S/c1-15-9-19(16(2)32-21-7-8-22(29)33-27(21)39-34-28(3,4)5)26-20(10-15)24(36)23(18-12-31-37-14-18)25(38-26)17-11-30-35(6)13-17/h7-14,16,32,34H,1-6H3. The van der Waals surface area contributed by atoms with Crippen LogP contribution in [0, 0.1) is 6.92 Å². The Hall–Kier alpha value is -3.60. The summed E-state index contributed by atoms with van der Waals surface area (Å²) >= 11 is 7.63. The summed E-state index contributed by atoms with van der Waals surface area (Å²) in [6.45, 7) is 10.2. The van der Waals surface area contributed by atoms with E-state index in [2.05, 4.69) is 46.0 Å². The Bertz CT molecular complexity index is 1710. The summed E-state index contributed by atoms with van der Waals surface area (Å²) in [6.07, 6.45) is 6.43. The summed E-state index contributed by atoms with van der Waals surface area (Å²) in [5.41, 5.74) is 4.36. The Labute approximate surface area is 235 Å². The maximum Gasteiger partial charge on any atom is 0.201 e. The van der Waals surface area contributed by atoms with Gasteiger partial charge in [0.05, 0.1) is 40.6 Å². The van der Waals surface area contributed by atoms with Gasteiger partial charge in [-0.05, 0) is 70.3 Å². The molecule has 4 aromatic heterocycles. The number of hydrogen-bond donors (Lipinski definition) is 2. The first-order valence-corrected chi connectivity index (χ1v) is 13.6. The highest BCUT2D eigenvalue weighted by atomic mass is 35.5. The minimum absolute atomic E-state index is 0.126. The number of aromatic nitrogens is 4. The lowest BCUT2D eigenvalue weighted by atomic mass is 9.97. The lowest BCUT2D eigenvalue weighted by Gasteiger charge is -2.22. The molecule has 1 aromatic carbocycles. The molecule has 0 aliphatic rings. The van der Waals surface area contributed by atoms with Crippen LogP contribution in [0.25, 0.3) is 33.4 Å². The molecule has 9 nitrogen and oxygen atoms in total. The molecule has 0 aliphatic heterocycles. The molecule has 5 aromatic rings. The van der Waals surface area contributed by atoms with E-state index in [-0.39, 0.29) is 17.0 Å². The molecule has 2 N–H and O–H groups in total. The fraction of sp³-hybridized carbons (Fsp3) is 0.286. The summed E-state index contributed by atoms with van der Waals surface area (Å²) in [6, 6.07) is 7.28. The van der Waals surface area contributed by atoms with Crippen molar-refractivity contribution in [2.45, 2.75) is 51.2 Å². The molecule has 39 heavy (non-hydrogen) atoms. The topological polar surface area (TPSA) is 111 Å². The van der Waals surface area contributed by atoms with Crippen molar-refractivity contribution in [2.75, 3.05) is 5.32 Å². The Kier molecular flexibility index (Phi) is 7.28. The van der Waals surface area contributed by atoms with Gasteiger partial charge in [-0.25, -0.2) is 4.98 Å². The zero-order chi connectivity index (χ0) is 27.9. The van der Waals surface area contributed by atoms with Gasteiger partial charge in [-0.15, -0.1) is 0 Å². The molecular formula is C28H29ClN6O3S. The van der Waals surface area contributed by atoms with E-state index < -0.39 is 0 Å². The Morgan fingerprint density at radius 1 is 1.15 bits per heavy atom. The fourth-order valence-electron chi connectivity index (χ4n) is 4.25. The smallest absolute Gasteiger partial charge is 0.201 e. The van der Waals surface area contributed by atoms with Crippen LogP contribution in [-0.4, -0.2) is 25.5 Å². The van der Waals surface area contributed by atoms with Gasteiger partial charge in [0.25, 0.3) is 0 Å². The molecule has 1 atom stereocenters. The number of hydrogen-bond acceptors (Lipinski definition) is 9. The van der Waals surface area contributed by atoms with Crippen LogP contribution in [0.5, 0.6) is 0 Å². The first kappa shape index (κ1) is 27.0. The van der Waals surface area contributed by atoms with Gasteiger partial charge in [0.2, 0.25) is 5.43 Å². The predicted octanol–water partition coefficient (Wildman–Crippen LogP) is 6.77. The number of halogens is 1. The fourth-order valence-corrected chi connectivity index (χ4v) is 5.23. The van der Waals surface area contributed by atoms with Crippen LogP contribution >= 0.6 is 23.5 Å². The third kappa shape index (κ3) is 5.73. The molecule has 0 fully saturated rings. The molecule has 0 radical (unpaired) electrons. The second kappa shape index (κ2) is 10.5. The van der Waals surface area contributed by atoms with E-state index >= 15 is 0 Å². The van der Waals surface area contributed by atoms with Crippen molar-refractivity contribution in [3.8, 4) is 22.5 Å². The molecule has 0 saturated heterocycles. The molecular weight excluding hydrogens is 536 g/mol. The molecule has 4 heterocycles. The van der Waals surface area contributed by atoms with Gasteiger partial charge < -0.3 is 14.3 Å². The van der Waals surface area contributed by atoms with Crippen LogP contribution in [-0.2, 0) is 7.05 Å². The van der Waals surface area contributed by atoms with Gasteiger partial charge in [0.1, 0.15) is 27.8 Å². The Morgan fingerprint density at radius 3 is 2.62 bits per heavy atom. The number of nitrogens with one attached hydrogen (secondary N) is 2. The van der Waals surface area contributed by atoms with E-state index in [4.69, 9.17) is 20.5 Å². The van der Waals surface area contributed by atoms with Crippen LogP contribution in [0.15, 0.2) is 67.9 Å². The van der Waals surface area contributed by atoms with Gasteiger partial charge in [-0.1, -0.05) is 22.8 Å². The van der Waals surface area contributed by atoms with Crippen LogP contribution < -0.4 is 15.5 Å². The van der Waals surface area contributed by atoms with Crippen LogP contribution in [0.2, 0.25) is 5.15 Å². The summed E-state index contributed by atoms with van der Waals surface area (Å²) < 4.78 is 16.7. The molecule has 202 valence electrons. The molecule has 0 aliphatic carbocycles. The number of pyridine rings is 1. The van der Waals surface area contributed by atoms with E-state index in [1.165, 1.54) is 24.4 Å². The third-order valence-corrected chi connectivity index (χ3v) is 7.40. The quantitative estimate of drug-likeness (QED) is 0.163. The molecule has 0 spiro atoms. The second-order valence-electron chi connectivity index (χ2n) is 10.5. The Morgan fingerprint density at radius 2 is 1.95 bits per heavy atom. The van der Waals surface area contributed by atoms with Crippen molar-refractivity contribution >= 4 is 40.2 Å². The first-order valence-electron chi connectivity index (χ1n) is 12.4. The molecule has 11 heteroatoms. The van der Waals surface area contributed by atoms with Crippen molar-refractivity contribution in [3.63, 3.8) is 0 Å². The number of nitrogens with zero attached hydrogens (tertiary/aromatic N) is 4. The average molecular weight is 565 g/mol. The van der Waals surface area contributed by atoms with E-state index in [1.807, 2.05) is 45.3 Å². The zero-order valence-corrected chi connectivity index (χ0v) is 24.1. The summed E-state index contributed by atoms with van der Waals surface area (Å²) in [5.74, 6) is 0.403. The maximum atomic E-state index is 14.0. The minimum Gasteiger partial charge on any atom is -0.455 e. The first-order chi connectivity index (χ1) is 18.5. The predicted molar refractivity (Wildman–Crippen MR) is 155 cm³/mol. The highest BCUT2D eigenvalue weighted by molar-refractivity contribution is 7.97. The van der Waals surface area contributed by atoms with E-state index in [1.54, 1.807) is 16.9 Å². The van der Waals surface area contributed by atoms with Gasteiger partial charge in [-0.2, -0.15) is 5.10 Å². The normalized spacial score (nSPS) is 12.7. The average Bonchev–Trinajstić information content (AvgIpc) is 3.55. The van der Waals surface area contributed by atoms with Crippen LogP contribution in [0.3, 0.4) is 0 Å². The van der Waals surface area contributed by atoms with Crippen molar-refractivity contribution in [3.05, 3.63) is 75.6 Å². The molecule has 0 saturated carbocycles. The number of benzene rings is 1. The monoisotopic (exact) mass is 564 g/mol. The van der Waals surface area contributed by atoms with Gasteiger partial charge >= 0.3 is 0 Å². The van der Waals surface area contributed by atoms with Gasteiger partial charge in [0.15, 0.2) is 0 Å². The number of aryl methyl sites for hydroxylation is 2. The lowest BCUT2D eigenvalue weighted by molar-refractivity contribution is 0.420. The maximum absolute atomic E-state index is 14.0. The van der Waals surface area contributed by atoms with Gasteiger partial charge in [-0.3, -0.25) is 14.2 Å². The van der Waals surface area contributed by atoms with E-state index in [0.717, 1.165) is 16.8 Å². The SMILES string of the molecule is Cc1cc(C(C)Nc2ccc(Cl)nc2SNC(C)(C)C)c2oc(-c3cnn(C)c3)c(-c3cnoc3)c(=O)c2c1. The summed E-state index contributed by atoms with van der Waals surface area (Å²) in [5, 5.41) is 13.2. The summed E-state index contributed by atoms with van der Waals surface area (Å²) in [7, 11) is 1.81.